The van der Waals surface area contributed by atoms with Gasteiger partial charge < -0.3 is 9.64 Å². The first-order valence-electron chi connectivity index (χ1n) is 8.52. The minimum absolute atomic E-state index is 0.0833. The Hall–Kier alpha value is -2.94. The zero-order valence-electron chi connectivity index (χ0n) is 15.8. The number of carbonyl (C=O) groups excluding carboxylic acids is 1. The van der Waals surface area contributed by atoms with E-state index >= 15 is 0 Å². The quantitative estimate of drug-likeness (QED) is 0.567. The number of halogens is 1. The van der Waals surface area contributed by atoms with Crippen LogP contribution in [-0.2, 0) is 11.3 Å². The highest BCUT2D eigenvalue weighted by Crippen LogP contribution is 2.27. The van der Waals surface area contributed by atoms with Crippen molar-refractivity contribution in [3.05, 3.63) is 59.4 Å². The summed E-state index contributed by atoms with van der Waals surface area (Å²) in [4.78, 5) is 14.0. The third-order valence-corrected chi connectivity index (χ3v) is 4.99. The second-order valence-corrected chi connectivity index (χ2v) is 7.16. The lowest BCUT2D eigenvalue weighted by molar-refractivity contribution is -0.127. The number of carbonyl (C=O) groups is 1. The molecule has 1 amide bonds. The van der Waals surface area contributed by atoms with Gasteiger partial charge >= 0.3 is 0 Å². The Balaban J connectivity index is 1.67. The smallest absolute Gasteiger partial charge is 0.233 e. The third-order valence-electron chi connectivity index (χ3n) is 4.09. The lowest BCUT2D eigenvalue weighted by atomic mass is 10.2. The zero-order valence-corrected chi connectivity index (χ0v) is 16.6. The Labute approximate surface area is 166 Å². The summed E-state index contributed by atoms with van der Waals surface area (Å²) >= 11 is 1.24. The predicted molar refractivity (Wildman–Crippen MR) is 104 cm³/mol. The van der Waals surface area contributed by atoms with E-state index in [2.05, 4.69) is 15.5 Å². The number of benzene rings is 2. The van der Waals surface area contributed by atoms with Crippen LogP contribution < -0.4 is 4.74 Å². The van der Waals surface area contributed by atoms with Crippen LogP contribution in [0.25, 0.3) is 5.69 Å². The van der Waals surface area contributed by atoms with Gasteiger partial charge in [-0.15, -0.1) is 5.10 Å². The zero-order chi connectivity index (χ0) is 20.1. The minimum atomic E-state index is -0.299. The first-order chi connectivity index (χ1) is 13.5. The van der Waals surface area contributed by atoms with Crippen LogP contribution in [0.2, 0.25) is 0 Å². The second kappa shape index (κ2) is 8.83. The molecule has 3 rings (SSSR count). The van der Waals surface area contributed by atoms with E-state index in [4.69, 9.17) is 4.74 Å². The Bertz CT molecular complexity index is 961. The number of amides is 1. The summed E-state index contributed by atoms with van der Waals surface area (Å²) in [5.41, 5.74) is 2.61. The lowest BCUT2D eigenvalue weighted by Gasteiger charge is -2.17. The summed E-state index contributed by atoms with van der Waals surface area (Å²) in [6.45, 7) is 2.37. The number of rotatable bonds is 7. The highest BCUT2D eigenvalue weighted by molar-refractivity contribution is 7.99. The van der Waals surface area contributed by atoms with Gasteiger partial charge in [0, 0.05) is 13.6 Å². The van der Waals surface area contributed by atoms with Crippen molar-refractivity contribution in [2.45, 2.75) is 18.6 Å². The number of aryl methyl sites for hydroxylation is 1. The van der Waals surface area contributed by atoms with Crippen molar-refractivity contribution >= 4 is 17.7 Å². The van der Waals surface area contributed by atoms with Crippen LogP contribution in [0.15, 0.2) is 47.6 Å². The predicted octanol–water partition coefficient (Wildman–Crippen LogP) is 2.87. The molecule has 0 saturated carbocycles. The van der Waals surface area contributed by atoms with Crippen molar-refractivity contribution in [3.8, 4) is 11.4 Å². The van der Waals surface area contributed by atoms with Gasteiger partial charge in [-0.1, -0.05) is 30.0 Å². The molecular weight excluding hydrogens is 381 g/mol. The molecule has 0 fully saturated rings. The van der Waals surface area contributed by atoms with Gasteiger partial charge in [0.1, 0.15) is 17.3 Å². The van der Waals surface area contributed by atoms with Crippen molar-refractivity contribution in [2.24, 2.45) is 0 Å². The molecule has 1 heterocycles. The topological polar surface area (TPSA) is 73.1 Å². The molecule has 0 aliphatic carbocycles. The van der Waals surface area contributed by atoms with Crippen LogP contribution in [0.1, 0.15) is 11.1 Å². The van der Waals surface area contributed by atoms with E-state index in [0.29, 0.717) is 23.1 Å². The average Bonchev–Trinajstić information content (AvgIpc) is 3.16. The minimum Gasteiger partial charge on any atom is -0.494 e. The molecule has 146 valence electrons. The summed E-state index contributed by atoms with van der Waals surface area (Å²) in [7, 11) is 3.29. The molecule has 0 bridgehead atoms. The molecule has 0 saturated heterocycles. The Morgan fingerprint density at radius 1 is 1.25 bits per heavy atom. The summed E-state index contributed by atoms with van der Waals surface area (Å²) < 4.78 is 20.0. The highest BCUT2D eigenvalue weighted by atomic mass is 32.2. The molecule has 2 aromatic carbocycles. The van der Waals surface area contributed by atoms with Crippen molar-refractivity contribution < 1.29 is 13.9 Å². The number of methoxy groups -OCH3 is 1. The molecule has 7 nitrogen and oxygen atoms in total. The maximum Gasteiger partial charge on any atom is 0.233 e. The Kier molecular flexibility index (Phi) is 6.25. The fourth-order valence-corrected chi connectivity index (χ4v) is 3.40. The van der Waals surface area contributed by atoms with Gasteiger partial charge in [0.2, 0.25) is 11.1 Å². The number of thioether (sulfide) groups is 1. The largest absolute Gasteiger partial charge is 0.494 e. The van der Waals surface area contributed by atoms with Gasteiger partial charge in [0.25, 0.3) is 0 Å². The molecule has 0 unspecified atom stereocenters. The molecule has 0 N–H and O–H groups in total. The number of hydrogen-bond acceptors (Lipinski definition) is 6. The standard InChI is InChI=1S/C19H20FN5O2S/c1-13-4-9-17(27-3)16(10-13)25-19(21-22-23-25)28-12-18(26)24(2)11-14-5-7-15(20)8-6-14/h4-10H,11-12H2,1-3H3. The number of tetrazole rings is 1. The maximum absolute atomic E-state index is 13.0. The average molecular weight is 401 g/mol. The normalized spacial score (nSPS) is 10.7. The van der Waals surface area contributed by atoms with Crippen molar-refractivity contribution in [1.82, 2.24) is 25.1 Å². The summed E-state index contributed by atoms with van der Waals surface area (Å²) in [5, 5.41) is 12.3. The molecule has 0 aliphatic heterocycles. The van der Waals surface area contributed by atoms with Gasteiger partial charge in [-0.05, 0) is 52.7 Å². The monoisotopic (exact) mass is 401 g/mol. The molecule has 9 heteroatoms. The van der Waals surface area contributed by atoms with Gasteiger partial charge in [0.15, 0.2) is 0 Å². The van der Waals surface area contributed by atoms with Crippen LogP contribution in [0.5, 0.6) is 5.75 Å². The first-order valence-corrected chi connectivity index (χ1v) is 9.51. The van der Waals surface area contributed by atoms with Crippen LogP contribution in [0.4, 0.5) is 4.39 Å². The highest BCUT2D eigenvalue weighted by Gasteiger charge is 2.17. The van der Waals surface area contributed by atoms with Crippen LogP contribution in [0, 0.1) is 12.7 Å². The summed E-state index contributed by atoms with van der Waals surface area (Å²) in [6.07, 6.45) is 0. The van der Waals surface area contributed by atoms with Crippen molar-refractivity contribution in [2.75, 3.05) is 19.9 Å². The van der Waals surface area contributed by atoms with Gasteiger partial charge in [-0.25, -0.2) is 4.39 Å². The molecule has 0 radical (unpaired) electrons. The Morgan fingerprint density at radius 2 is 2.00 bits per heavy atom. The lowest BCUT2D eigenvalue weighted by Crippen LogP contribution is -2.27. The summed E-state index contributed by atoms with van der Waals surface area (Å²) in [5.74, 6) is 0.429. The molecule has 3 aromatic rings. The van der Waals surface area contributed by atoms with E-state index < -0.39 is 0 Å². The van der Waals surface area contributed by atoms with Crippen LogP contribution in [0.3, 0.4) is 0 Å². The second-order valence-electron chi connectivity index (χ2n) is 6.21. The summed E-state index contributed by atoms with van der Waals surface area (Å²) in [6, 6.07) is 11.8. The van der Waals surface area contributed by atoms with E-state index in [-0.39, 0.29) is 17.5 Å². The SMILES string of the molecule is COc1ccc(C)cc1-n1nnnc1SCC(=O)N(C)Cc1ccc(F)cc1. The van der Waals surface area contributed by atoms with Gasteiger partial charge in [0.05, 0.1) is 12.9 Å². The molecule has 0 atom stereocenters. The van der Waals surface area contributed by atoms with E-state index in [9.17, 15) is 9.18 Å². The number of aromatic nitrogens is 4. The fourth-order valence-electron chi connectivity index (χ4n) is 2.57. The fraction of sp³-hybridized carbons (Fsp3) is 0.263. The number of ether oxygens (including phenoxy) is 1. The van der Waals surface area contributed by atoms with E-state index in [1.807, 2.05) is 25.1 Å². The first kappa shape index (κ1) is 19.8. The van der Waals surface area contributed by atoms with Crippen molar-refractivity contribution in [3.63, 3.8) is 0 Å². The number of hydrogen-bond donors (Lipinski definition) is 0. The third kappa shape index (κ3) is 4.66. The van der Waals surface area contributed by atoms with Crippen LogP contribution in [-0.4, -0.2) is 50.9 Å². The van der Waals surface area contributed by atoms with Gasteiger partial charge in [-0.3, -0.25) is 4.79 Å². The van der Waals surface area contributed by atoms with Gasteiger partial charge in [-0.2, -0.15) is 4.68 Å². The number of nitrogens with zero attached hydrogens (tertiary/aromatic N) is 5. The van der Waals surface area contributed by atoms with E-state index in [1.54, 1.807) is 35.9 Å². The maximum atomic E-state index is 13.0. The van der Waals surface area contributed by atoms with E-state index in [1.165, 1.54) is 23.9 Å². The van der Waals surface area contributed by atoms with Crippen molar-refractivity contribution in [1.29, 1.82) is 0 Å². The molecule has 0 aliphatic rings. The van der Waals surface area contributed by atoms with Crippen LogP contribution >= 0.6 is 11.8 Å². The molecule has 28 heavy (non-hydrogen) atoms. The molecular formula is C19H20FN5O2S. The molecule has 0 spiro atoms. The molecule has 1 aromatic heterocycles. The Morgan fingerprint density at radius 3 is 2.71 bits per heavy atom. The van der Waals surface area contributed by atoms with E-state index in [0.717, 1.165) is 11.1 Å².